The standard InChI is InChI=1S/C22H23ClF3N3O3/c1-28(2)20(31)29-12-6-5-11-21(29,19(27)30)14-9-10-15(17(23)13-14)16-7-3-4-8-18(16)32-22(24,25)26/h3-4,7-10,13H,5-6,11-12H2,1-2H3,(H2,27,30). The molecule has 2 aromatic rings. The third kappa shape index (κ3) is 4.48. The molecule has 0 aromatic heterocycles. The molecule has 1 fully saturated rings. The molecule has 1 heterocycles. The van der Waals surface area contributed by atoms with Crippen LogP contribution < -0.4 is 10.5 Å². The van der Waals surface area contributed by atoms with Crippen LogP contribution >= 0.6 is 11.6 Å². The van der Waals surface area contributed by atoms with E-state index in [9.17, 15) is 22.8 Å². The van der Waals surface area contributed by atoms with Gasteiger partial charge < -0.3 is 20.3 Å². The fourth-order valence-electron chi connectivity index (χ4n) is 4.07. The summed E-state index contributed by atoms with van der Waals surface area (Å²) in [7, 11) is 3.16. The van der Waals surface area contributed by atoms with Crippen LogP contribution in [0.3, 0.4) is 0 Å². The number of likely N-dealkylation sites (tertiary alicyclic amines) is 1. The van der Waals surface area contributed by atoms with Gasteiger partial charge in [-0.05, 0) is 37.0 Å². The van der Waals surface area contributed by atoms with Gasteiger partial charge in [0.15, 0.2) is 0 Å². The van der Waals surface area contributed by atoms with E-state index in [1.165, 1.54) is 40.1 Å². The molecule has 2 N–H and O–H groups in total. The number of amides is 3. The summed E-state index contributed by atoms with van der Waals surface area (Å²) >= 11 is 6.48. The lowest BCUT2D eigenvalue weighted by Gasteiger charge is -2.46. The van der Waals surface area contributed by atoms with Crippen LogP contribution in [0.1, 0.15) is 24.8 Å². The first kappa shape index (κ1) is 23.7. The van der Waals surface area contributed by atoms with Crippen molar-refractivity contribution in [2.24, 2.45) is 5.73 Å². The molecule has 1 aliphatic heterocycles. The average molecular weight is 470 g/mol. The Kier molecular flexibility index (Phi) is 6.59. The first-order chi connectivity index (χ1) is 15.0. The molecule has 2 aromatic carbocycles. The SMILES string of the molecule is CN(C)C(=O)N1CCCCC1(C(N)=O)c1ccc(-c2ccccc2OC(F)(F)F)c(Cl)c1. The zero-order valence-electron chi connectivity index (χ0n) is 17.6. The Morgan fingerprint density at radius 3 is 2.41 bits per heavy atom. The summed E-state index contributed by atoms with van der Waals surface area (Å²) in [5.41, 5.74) is 5.23. The van der Waals surface area contributed by atoms with Gasteiger partial charge in [-0.3, -0.25) is 4.79 Å². The summed E-state index contributed by atoms with van der Waals surface area (Å²) < 4.78 is 42.6. The number of nitrogens with zero attached hydrogens (tertiary/aromatic N) is 2. The van der Waals surface area contributed by atoms with Gasteiger partial charge in [0.05, 0.1) is 0 Å². The lowest BCUT2D eigenvalue weighted by atomic mass is 9.79. The molecule has 0 aliphatic carbocycles. The number of hydrogen-bond donors (Lipinski definition) is 1. The van der Waals surface area contributed by atoms with E-state index in [4.69, 9.17) is 17.3 Å². The number of urea groups is 1. The van der Waals surface area contributed by atoms with E-state index in [0.29, 0.717) is 31.4 Å². The maximum atomic E-state index is 12.8. The van der Waals surface area contributed by atoms with Gasteiger partial charge >= 0.3 is 12.4 Å². The van der Waals surface area contributed by atoms with Gasteiger partial charge in [0, 0.05) is 36.8 Å². The Morgan fingerprint density at radius 1 is 1.12 bits per heavy atom. The van der Waals surface area contributed by atoms with Crippen molar-refractivity contribution in [1.29, 1.82) is 0 Å². The highest BCUT2D eigenvalue weighted by molar-refractivity contribution is 6.33. The topological polar surface area (TPSA) is 75.9 Å². The number of carbonyl (C=O) groups excluding carboxylic acids is 2. The smallest absolute Gasteiger partial charge is 0.405 e. The maximum Gasteiger partial charge on any atom is 0.573 e. The summed E-state index contributed by atoms with van der Waals surface area (Å²) in [6.07, 6.45) is -3.18. The molecule has 3 amide bonds. The number of para-hydroxylation sites is 1. The van der Waals surface area contributed by atoms with Crippen LogP contribution in [0, 0.1) is 0 Å². The van der Waals surface area contributed by atoms with Gasteiger partial charge in [0.1, 0.15) is 11.3 Å². The lowest BCUT2D eigenvalue weighted by Crippen LogP contribution is -2.61. The summed E-state index contributed by atoms with van der Waals surface area (Å²) in [6, 6.07) is 9.81. The predicted molar refractivity (Wildman–Crippen MR) is 114 cm³/mol. The second-order valence-electron chi connectivity index (χ2n) is 7.75. The zero-order chi connectivity index (χ0) is 23.7. The Bertz CT molecular complexity index is 1030. The van der Waals surface area contributed by atoms with Gasteiger partial charge in [-0.15, -0.1) is 13.2 Å². The van der Waals surface area contributed by atoms with Gasteiger partial charge in [-0.2, -0.15) is 0 Å². The number of nitrogens with two attached hydrogens (primary N) is 1. The van der Waals surface area contributed by atoms with Crippen molar-refractivity contribution in [2.45, 2.75) is 31.2 Å². The number of ether oxygens (including phenoxy) is 1. The molecule has 1 atom stereocenters. The third-order valence-corrected chi connectivity index (χ3v) is 5.81. The van der Waals surface area contributed by atoms with Crippen LogP contribution in [0.25, 0.3) is 11.1 Å². The van der Waals surface area contributed by atoms with Gasteiger partial charge in [-0.1, -0.05) is 41.9 Å². The number of hydrogen-bond acceptors (Lipinski definition) is 3. The van der Waals surface area contributed by atoms with Crippen molar-refractivity contribution >= 4 is 23.5 Å². The molecule has 0 bridgehead atoms. The highest BCUT2D eigenvalue weighted by Crippen LogP contribution is 2.43. The molecule has 0 saturated carbocycles. The Hall–Kier alpha value is -2.94. The Morgan fingerprint density at radius 2 is 1.81 bits per heavy atom. The molecule has 10 heteroatoms. The second-order valence-corrected chi connectivity index (χ2v) is 8.16. The van der Waals surface area contributed by atoms with Crippen LogP contribution in [-0.4, -0.2) is 48.7 Å². The average Bonchev–Trinajstić information content (AvgIpc) is 2.72. The van der Waals surface area contributed by atoms with E-state index in [-0.39, 0.29) is 22.2 Å². The number of benzene rings is 2. The summed E-state index contributed by atoms with van der Waals surface area (Å²) in [5, 5.41) is 0.101. The number of alkyl halides is 3. The predicted octanol–water partition coefficient (Wildman–Crippen LogP) is 4.75. The minimum Gasteiger partial charge on any atom is -0.405 e. The molecule has 172 valence electrons. The van der Waals surface area contributed by atoms with Crippen molar-refractivity contribution in [1.82, 2.24) is 9.80 Å². The van der Waals surface area contributed by atoms with E-state index in [2.05, 4.69) is 4.74 Å². The minimum atomic E-state index is -4.87. The van der Waals surface area contributed by atoms with Crippen LogP contribution in [0.5, 0.6) is 5.75 Å². The first-order valence-corrected chi connectivity index (χ1v) is 10.3. The first-order valence-electron chi connectivity index (χ1n) is 9.91. The molecule has 1 saturated heterocycles. The molecular weight excluding hydrogens is 447 g/mol. The van der Waals surface area contributed by atoms with Crippen LogP contribution in [0.2, 0.25) is 5.02 Å². The third-order valence-electron chi connectivity index (χ3n) is 5.50. The molecule has 6 nitrogen and oxygen atoms in total. The number of rotatable bonds is 4. The number of piperidine rings is 1. The number of halogens is 4. The summed E-state index contributed by atoms with van der Waals surface area (Å²) in [6.45, 7) is 0.335. The Balaban J connectivity index is 2.10. The van der Waals surface area contributed by atoms with E-state index in [0.717, 1.165) is 0 Å². The van der Waals surface area contributed by atoms with Crippen LogP contribution in [0.4, 0.5) is 18.0 Å². The van der Waals surface area contributed by atoms with Crippen molar-refractivity contribution in [3.63, 3.8) is 0 Å². The normalized spacial score (nSPS) is 18.9. The quantitative estimate of drug-likeness (QED) is 0.701. The number of primary amides is 1. The molecular formula is C22H23ClF3N3O3. The molecule has 0 radical (unpaired) electrons. The molecule has 1 unspecified atom stereocenters. The van der Waals surface area contributed by atoms with Crippen LogP contribution in [-0.2, 0) is 10.3 Å². The molecule has 1 aliphatic rings. The van der Waals surface area contributed by atoms with Gasteiger partial charge in [0.25, 0.3) is 0 Å². The molecule has 0 spiro atoms. The summed E-state index contributed by atoms with van der Waals surface area (Å²) in [5.74, 6) is -1.10. The second kappa shape index (κ2) is 8.90. The zero-order valence-corrected chi connectivity index (χ0v) is 18.3. The number of carbonyl (C=O) groups is 2. The fraction of sp³-hybridized carbons (Fsp3) is 0.364. The van der Waals surface area contributed by atoms with Crippen molar-refractivity contribution in [3.8, 4) is 16.9 Å². The highest BCUT2D eigenvalue weighted by Gasteiger charge is 2.48. The van der Waals surface area contributed by atoms with Crippen LogP contribution in [0.15, 0.2) is 42.5 Å². The van der Waals surface area contributed by atoms with E-state index < -0.39 is 23.6 Å². The molecule has 3 rings (SSSR count). The monoisotopic (exact) mass is 469 g/mol. The van der Waals surface area contributed by atoms with E-state index in [1.54, 1.807) is 26.2 Å². The lowest BCUT2D eigenvalue weighted by molar-refractivity contribution is -0.274. The minimum absolute atomic E-state index is 0.101. The van der Waals surface area contributed by atoms with Crippen molar-refractivity contribution in [3.05, 3.63) is 53.1 Å². The van der Waals surface area contributed by atoms with Gasteiger partial charge in [-0.25, -0.2) is 4.79 Å². The maximum absolute atomic E-state index is 12.8. The fourth-order valence-corrected chi connectivity index (χ4v) is 4.35. The van der Waals surface area contributed by atoms with E-state index >= 15 is 0 Å². The summed E-state index contributed by atoms with van der Waals surface area (Å²) in [4.78, 5) is 28.3. The van der Waals surface area contributed by atoms with E-state index in [1.807, 2.05) is 0 Å². The largest absolute Gasteiger partial charge is 0.573 e. The highest BCUT2D eigenvalue weighted by atomic mass is 35.5. The van der Waals surface area contributed by atoms with Crippen molar-refractivity contribution < 1.29 is 27.5 Å². The van der Waals surface area contributed by atoms with Gasteiger partial charge in [0.2, 0.25) is 5.91 Å². The van der Waals surface area contributed by atoms with Crippen molar-refractivity contribution in [2.75, 3.05) is 20.6 Å². The Labute approximate surface area is 188 Å². The molecule has 32 heavy (non-hydrogen) atoms.